The number of hydrogen-bond donors (Lipinski definition) is 2. The summed E-state index contributed by atoms with van der Waals surface area (Å²) < 4.78 is 52.4. The van der Waals surface area contributed by atoms with Gasteiger partial charge in [-0.3, -0.25) is 4.79 Å². The number of hydrogen-bond acceptors (Lipinski definition) is 4. The fraction of sp³-hybridized carbons (Fsp3) is 0.125. The van der Waals surface area contributed by atoms with Crippen molar-refractivity contribution in [1.29, 1.82) is 5.26 Å². The number of nitrogens with zero attached hydrogens (tertiary/aromatic N) is 1. The SMILES string of the molecule is N#CCCNS(=O)(=O)c1ccc(C(=O)Nc2cc(F)cc(F)c2)cc1. The van der Waals surface area contributed by atoms with Gasteiger partial charge >= 0.3 is 0 Å². The lowest BCUT2D eigenvalue weighted by molar-refractivity contribution is 0.102. The van der Waals surface area contributed by atoms with Gasteiger partial charge in [-0.1, -0.05) is 0 Å². The molecule has 0 aromatic heterocycles. The summed E-state index contributed by atoms with van der Waals surface area (Å²) in [5, 5.41) is 10.7. The van der Waals surface area contributed by atoms with E-state index in [9.17, 15) is 22.0 Å². The van der Waals surface area contributed by atoms with Crippen molar-refractivity contribution in [1.82, 2.24) is 4.72 Å². The van der Waals surface area contributed by atoms with Crippen molar-refractivity contribution < 1.29 is 22.0 Å². The Balaban J connectivity index is 2.11. The van der Waals surface area contributed by atoms with E-state index in [1.807, 2.05) is 6.07 Å². The van der Waals surface area contributed by atoms with E-state index in [2.05, 4.69) is 10.0 Å². The lowest BCUT2D eigenvalue weighted by Gasteiger charge is -2.08. The first kappa shape index (κ1) is 18.5. The molecule has 0 radical (unpaired) electrons. The van der Waals surface area contributed by atoms with Crippen LogP contribution in [-0.2, 0) is 10.0 Å². The van der Waals surface area contributed by atoms with Crippen LogP contribution in [0.3, 0.4) is 0 Å². The number of anilines is 1. The van der Waals surface area contributed by atoms with E-state index in [1.54, 1.807) is 0 Å². The van der Waals surface area contributed by atoms with Gasteiger partial charge in [0.2, 0.25) is 10.0 Å². The largest absolute Gasteiger partial charge is 0.322 e. The summed E-state index contributed by atoms with van der Waals surface area (Å²) in [4.78, 5) is 12.0. The fourth-order valence-electron chi connectivity index (χ4n) is 1.94. The number of carbonyl (C=O) groups is 1. The summed E-state index contributed by atoms with van der Waals surface area (Å²) >= 11 is 0. The number of carbonyl (C=O) groups excluding carboxylic acids is 1. The van der Waals surface area contributed by atoms with E-state index >= 15 is 0 Å². The molecule has 0 bridgehead atoms. The smallest absolute Gasteiger partial charge is 0.255 e. The first-order valence-electron chi connectivity index (χ1n) is 7.06. The highest BCUT2D eigenvalue weighted by atomic mass is 32.2. The number of nitrogens with one attached hydrogen (secondary N) is 2. The molecule has 0 atom stereocenters. The van der Waals surface area contributed by atoms with Crippen LogP contribution < -0.4 is 10.0 Å². The van der Waals surface area contributed by atoms with Gasteiger partial charge in [0.05, 0.1) is 11.0 Å². The second-order valence-corrected chi connectivity index (χ2v) is 6.71. The maximum absolute atomic E-state index is 13.1. The summed E-state index contributed by atoms with van der Waals surface area (Å²) in [6.07, 6.45) is 0.0317. The van der Waals surface area contributed by atoms with Gasteiger partial charge < -0.3 is 5.32 Å². The molecule has 0 spiro atoms. The maximum Gasteiger partial charge on any atom is 0.255 e. The number of halogens is 2. The molecule has 0 saturated heterocycles. The van der Waals surface area contributed by atoms with Crippen LogP contribution in [0.15, 0.2) is 47.4 Å². The Morgan fingerprint density at radius 3 is 2.24 bits per heavy atom. The van der Waals surface area contributed by atoms with Crippen molar-refractivity contribution >= 4 is 21.6 Å². The van der Waals surface area contributed by atoms with E-state index in [1.165, 1.54) is 24.3 Å². The van der Waals surface area contributed by atoms with Crippen molar-refractivity contribution in [2.45, 2.75) is 11.3 Å². The monoisotopic (exact) mass is 365 g/mol. The van der Waals surface area contributed by atoms with Gasteiger partial charge in [0.25, 0.3) is 5.91 Å². The molecule has 0 fully saturated rings. The minimum absolute atomic E-state index is 0.0216. The lowest BCUT2D eigenvalue weighted by atomic mass is 10.2. The van der Waals surface area contributed by atoms with Crippen LogP contribution in [-0.4, -0.2) is 20.9 Å². The van der Waals surface area contributed by atoms with Gasteiger partial charge in [-0.25, -0.2) is 21.9 Å². The second-order valence-electron chi connectivity index (χ2n) is 4.94. The van der Waals surface area contributed by atoms with E-state index in [0.29, 0.717) is 6.07 Å². The highest BCUT2D eigenvalue weighted by Crippen LogP contribution is 2.15. The number of nitriles is 1. The normalized spacial score (nSPS) is 10.9. The van der Waals surface area contributed by atoms with Gasteiger partial charge in [0, 0.05) is 30.3 Å². The Morgan fingerprint density at radius 2 is 1.68 bits per heavy atom. The molecule has 0 aliphatic heterocycles. The standard InChI is InChI=1S/C16H13F2N3O3S/c17-12-8-13(18)10-14(9-12)21-16(22)11-2-4-15(5-3-11)25(23,24)20-7-1-6-19/h2-5,8-10,20H,1,7H2,(H,21,22). The van der Waals surface area contributed by atoms with Crippen LogP contribution in [0.25, 0.3) is 0 Å². The number of rotatable bonds is 6. The van der Waals surface area contributed by atoms with Crippen LogP contribution in [0.4, 0.5) is 14.5 Å². The molecule has 2 aromatic rings. The Bertz CT molecular complexity index is 902. The molecule has 9 heteroatoms. The summed E-state index contributed by atoms with van der Waals surface area (Å²) in [6, 6.07) is 9.37. The molecule has 1 amide bonds. The van der Waals surface area contributed by atoms with Crippen molar-refractivity contribution in [2.24, 2.45) is 0 Å². The zero-order valence-corrected chi connectivity index (χ0v) is 13.6. The summed E-state index contributed by atoms with van der Waals surface area (Å²) in [5.74, 6) is -2.31. The van der Waals surface area contributed by atoms with E-state index in [0.717, 1.165) is 12.1 Å². The Hall–Kier alpha value is -2.83. The van der Waals surface area contributed by atoms with Crippen LogP contribution >= 0.6 is 0 Å². The van der Waals surface area contributed by atoms with Crippen molar-refractivity contribution in [3.05, 3.63) is 59.7 Å². The molecule has 130 valence electrons. The molecule has 2 aromatic carbocycles. The topological polar surface area (TPSA) is 99.1 Å². The molecule has 2 N–H and O–H groups in total. The number of sulfonamides is 1. The van der Waals surface area contributed by atoms with Gasteiger partial charge in [-0.15, -0.1) is 0 Å². The Kier molecular flexibility index (Phi) is 5.80. The first-order valence-corrected chi connectivity index (χ1v) is 8.54. The molecule has 0 saturated carbocycles. The Morgan fingerprint density at radius 1 is 1.08 bits per heavy atom. The molecular formula is C16H13F2N3O3S. The predicted molar refractivity (Wildman–Crippen MR) is 86.2 cm³/mol. The highest BCUT2D eigenvalue weighted by molar-refractivity contribution is 7.89. The maximum atomic E-state index is 13.1. The van der Waals surface area contributed by atoms with Crippen molar-refractivity contribution in [3.63, 3.8) is 0 Å². The fourth-order valence-corrected chi connectivity index (χ4v) is 2.97. The van der Waals surface area contributed by atoms with Crippen molar-refractivity contribution in [3.8, 4) is 6.07 Å². The molecule has 6 nitrogen and oxygen atoms in total. The zero-order valence-electron chi connectivity index (χ0n) is 12.8. The molecule has 2 rings (SSSR count). The van der Waals surface area contributed by atoms with Crippen molar-refractivity contribution in [2.75, 3.05) is 11.9 Å². The minimum atomic E-state index is -3.78. The quantitative estimate of drug-likeness (QED) is 0.768. The highest BCUT2D eigenvalue weighted by Gasteiger charge is 2.14. The number of amides is 1. The third kappa shape index (κ3) is 5.07. The molecular weight excluding hydrogens is 352 g/mol. The first-order chi connectivity index (χ1) is 11.8. The van der Waals surface area contributed by atoms with Crippen LogP contribution in [0.5, 0.6) is 0 Å². The molecule has 0 aliphatic carbocycles. The Labute approximate surface area is 143 Å². The zero-order chi connectivity index (χ0) is 18.4. The van der Waals surface area contributed by atoms with Gasteiger partial charge in [0.1, 0.15) is 11.6 Å². The second kappa shape index (κ2) is 7.83. The van der Waals surface area contributed by atoms with Gasteiger partial charge in [-0.05, 0) is 36.4 Å². The third-order valence-electron chi connectivity index (χ3n) is 3.08. The van der Waals surface area contributed by atoms with Gasteiger partial charge in [-0.2, -0.15) is 5.26 Å². The minimum Gasteiger partial charge on any atom is -0.322 e. The average molecular weight is 365 g/mol. The molecule has 25 heavy (non-hydrogen) atoms. The third-order valence-corrected chi connectivity index (χ3v) is 4.55. The lowest BCUT2D eigenvalue weighted by Crippen LogP contribution is -2.24. The van der Waals surface area contributed by atoms with E-state index < -0.39 is 27.6 Å². The molecule has 0 heterocycles. The average Bonchev–Trinajstić information content (AvgIpc) is 2.54. The van der Waals surface area contributed by atoms with Crippen LogP contribution in [0.1, 0.15) is 16.8 Å². The summed E-state index contributed by atoms with van der Waals surface area (Å²) in [6.45, 7) is -0.0216. The van der Waals surface area contributed by atoms with E-state index in [4.69, 9.17) is 5.26 Å². The summed E-state index contributed by atoms with van der Waals surface area (Å²) in [5.41, 5.74) is 0.0537. The van der Waals surface area contributed by atoms with E-state index in [-0.39, 0.29) is 29.1 Å². The molecule has 0 unspecified atom stereocenters. The van der Waals surface area contributed by atoms with Crippen LogP contribution in [0.2, 0.25) is 0 Å². The molecule has 0 aliphatic rings. The van der Waals surface area contributed by atoms with Gasteiger partial charge in [0.15, 0.2) is 0 Å². The number of benzene rings is 2. The van der Waals surface area contributed by atoms with Crippen LogP contribution in [0, 0.1) is 23.0 Å². The summed E-state index contributed by atoms with van der Waals surface area (Å²) in [7, 11) is -3.78. The predicted octanol–water partition coefficient (Wildman–Crippen LogP) is 2.41.